The van der Waals surface area contributed by atoms with Crippen LogP contribution in [0.5, 0.6) is 5.88 Å². The molecule has 0 spiro atoms. The molecule has 0 saturated heterocycles. The number of nitrogens with zero attached hydrogens (tertiary/aromatic N) is 2. The van der Waals surface area contributed by atoms with Crippen molar-refractivity contribution >= 4 is 11.6 Å². The second-order valence-corrected chi connectivity index (χ2v) is 4.43. The van der Waals surface area contributed by atoms with E-state index in [-0.39, 0.29) is 0 Å². The lowest BCUT2D eigenvalue weighted by Crippen LogP contribution is -2.26. The van der Waals surface area contributed by atoms with Crippen LogP contribution in [0.3, 0.4) is 0 Å². The van der Waals surface area contributed by atoms with E-state index in [1.807, 2.05) is 18.2 Å². The fourth-order valence-corrected chi connectivity index (χ4v) is 1.75. The van der Waals surface area contributed by atoms with Gasteiger partial charge in [-0.05, 0) is 26.0 Å². The molecule has 1 aromatic heterocycles. The summed E-state index contributed by atoms with van der Waals surface area (Å²) < 4.78 is 5.59. The van der Waals surface area contributed by atoms with Crippen molar-refractivity contribution in [2.45, 2.75) is 24.8 Å². The lowest BCUT2D eigenvalue weighted by molar-refractivity contribution is 0.226. The van der Waals surface area contributed by atoms with Gasteiger partial charge in [-0.15, -0.1) is 11.6 Å². The maximum absolute atomic E-state index is 5.71. The fourth-order valence-electron chi connectivity index (χ4n) is 1.60. The van der Waals surface area contributed by atoms with Gasteiger partial charge in [0.2, 0.25) is 5.88 Å². The van der Waals surface area contributed by atoms with Crippen LogP contribution in [0.25, 0.3) is 0 Å². The molecule has 88 valence electrons. The number of pyridine rings is 1. The van der Waals surface area contributed by atoms with E-state index >= 15 is 0 Å². The van der Waals surface area contributed by atoms with Crippen molar-refractivity contribution in [2.75, 3.05) is 20.2 Å². The van der Waals surface area contributed by atoms with Crippen LogP contribution in [-0.2, 0) is 5.88 Å². The summed E-state index contributed by atoms with van der Waals surface area (Å²) in [5, 5.41) is 0. The molecule has 1 heterocycles. The number of ether oxygens (including phenoxy) is 1. The van der Waals surface area contributed by atoms with Crippen LogP contribution in [-0.4, -0.2) is 36.1 Å². The van der Waals surface area contributed by atoms with Gasteiger partial charge >= 0.3 is 0 Å². The van der Waals surface area contributed by atoms with Gasteiger partial charge in [-0.25, -0.2) is 4.98 Å². The van der Waals surface area contributed by atoms with Crippen LogP contribution in [0.4, 0.5) is 0 Å². The third kappa shape index (κ3) is 3.35. The molecule has 1 aliphatic rings. The minimum atomic E-state index is 0.430. The summed E-state index contributed by atoms with van der Waals surface area (Å²) in [4.78, 5) is 6.61. The predicted molar refractivity (Wildman–Crippen MR) is 64.9 cm³/mol. The second-order valence-electron chi connectivity index (χ2n) is 4.16. The maximum Gasteiger partial charge on any atom is 0.213 e. The van der Waals surface area contributed by atoms with Crippen molar-refractivity contribution in [1.29, 1.82) is 0 Å². The minimum Gasteiger partial charge on any atom is -0.476 e. The average molecular weight is 241 g/mol. The molecule has 3 nitrogen and oxygen atoms in total. The van der Waals surface area contributed by atoms with E-state index in [9.17, 15) is 0 Å². The molecule has 0 atom stereocenters. The number of aromatic nitrogens is 1. The van der Waals surface area contributed by atoms with Gasteiger partial charge < -0.3 is 9.64 Å². The molecule has 2 rings (SSSR count). The van der Waals surface area contributed by atoms with Crippen LogP contribution in [0.2, 0.25) is 0 Å². The molecule has 0 aromatic carbocycles. The maximum atomic E-state index is 5.71. The van der Waals surface area contributed by atoms with Crippen molar-refractivity contribution < 1.29 is 4.74 Å². The van der Waals surface area contributed by atoms with E-state index in [0.717, 1.165) is 18.3 Å². The summed E-state index contributed by atoms with van der Waals surface area (Å²) in [7, 11) is 2.14. The van der Waals surface area contributed by atoms with Crippen LogP contribution < -0.4 is 4.74 Å². The molecular formula is C12H17ClN2O. The Bertz CT molecular complexity index is 342. The highest BCUT2D eigenvalue weighted by atomic mass is 35.5. The van der Waals surface area contributed by atoms with E-state index in [2.05, 4.69) is 16.9 Å². The molecule has 4 heteroatoms. The van der Waals surface area contributed by atoms with Gasteiger partial charge in [0.1, 0.15) is 6.61 Å². The Kier molecular flexibility index (Phi) is 4.02. The number of alkyl halides is 1. The molecule has 1 aromatic rings. The van der Waals surface area contributed by atoms with Crippen molar-refractivity contribution in [3.05, 3.63) is 23.9 Å². The molecule has 16 heavy (non-hydrogen) atoms. The van der Waals surface area contributed by atoms with E-state index in [1.54, 1.807) is 0 Å². The SMILES string of the molecule is CN(CCOc1cccc(CCl)n1)C1CC1. The largest absolute Gasteiger partial charge is 0.476 e. The molecular weight excluding hydrogens is 224 g/mol. The lowest BCUT2D eigenvalue weighted by atomic mass is 10.4. The summed E-state index contributed by atoms with van der Waals surface area (Å²) in [5.41, 5.74) is 0.856. The minimum absolute atomic E-state index is 0.430. The Balaban J connectivity index is 1.75. The van der Waals surface area contributed by atoms with E-state index in [1.165, 1.54) is 12.8 Å². The first-order valence-electron chi connectivity index (χ1n) is 5.64. The van der Waals surface area contributed by atoms with Crippen LogP contribution in [0.1, 0.15) is 18.5 Å². The molecule has 0 bridgehead atoms. The van der Waals surface area contributed by atoms with Gasteiger partial charge in [0.25, 0.3) is 0 Å². The molecule has 0 N–H and O–H groups in total. The number of likely N-dealkylation sites (N-methyl/N-ethyl adjacent to an activating group) is 1. The summed E-state index contributed by atoms with van der Waals surface area (Å²) >= 11 is 5.71. The number of rotatable bonds is 6. The first kappa shape index (κ1) is 11.7. The van der Waals surface area contributed by atoms with Crippen LogP contribution in [0, 0.1) is 0 Å². The Morgan fingerprint density at radius 1 is 1.50 bits per heavy atom. The zero-order valence-electron chi connectivity index (χ0n) is 9.53. The normalized spacial score (nSPS) is 15.4. The van der Waals surface area contributed by atoms with Gasteiger partial charge in [-0.1, -0.05) is 6.07 Å². The number of hydrogen-bond donors (Lipinski definition) is 0. The van der Waals surface area contributed by atoms with Crippen LogP contribution >= 0.6 is 11.6 Å². The summed E-state index contributed by atoms with van der Waals surface area (Å²) in [5.74, 6) is 1.10. The first-order valence-corrected chi connectivity index (χ1v) is 6.18. The monoisotopic (exact) mass is 240 g/mol. The smallest absolute Gasteiger partial charge is 0.213 e. The van der Waals surface area contributed by atoms with Gasteiger partial charge in [-0.3, -0.25) is 0 Å². The Morgan fingerprint density at radius 2 is 2.31 bits per heavy atom. The molecule has 1 saturated carbocycles. The molecule has 1 fully saturated rings. The van der Waals surface area contributed by atoms with E-state index in [0.29, 0.717) is 18.4 Å². The Labute approximate surface area is 101 Å². The Hall–Kier alpha value is -0.800. The van der Waals surface area contributed by atoms with Gasteiger partial charge in [0.05, 0.1) is 11.6 Å². The van der Waals surface area contributed by atoms with Crippen LogP contribution in [0.15, 0.2) is 18.2 Å². The first-order chi connectivity index (χ1) is 7.79. The summed E-state index contributed by atoms with van der Waals surface area (Å²) in [6.45, 7) is 1.64. The third-order valence-corrected chi connectivity index (χ3v) is 3.06. The standard InChI is InChI=1S/C12H17ClN2O/c1-15(11-5-6-11)7-8-16-12-4-2-3-10(9-13)14-12/h2-4,11H,5-9H2,1H3. The van der Waals surface area contributed by atoms with Gasteiger partial charge in [-0.2, -0.15) is 0 Å². The van der Waals surface area contributed by atoms with Gasteiger partial charge in [0.15, 0.2) is 0 Å². The zero-order chi connectivity index (χ0) is 11.4. The molecule has 0 amide bonds. The quantitative estimate of drug-likeness (QED) is 0.714. The van der Waals surface area contributed by atoms with E-state index < -0.39 is 0 Å². The Morgan fingerprint density at radius 3 is 3.00 bits per heavy atom. The summed E-state index contributed by atoms with van der Waals surface area (Å²) in [6.07, 6.45) is 2.66. The second kappa shape index (κ2) is 5.51. The third-order valence-electron chi connectivity index (χ3n) is 2.78. The molecule has 0 radical (unpaired) electrons. The topological polar surface area (TPSA) is 25.4 Å². The zero-order valence-corrected chi connectivity index (χ0v) is 10.3. The number of hydrogen-bond acceptors (Lipinski definition) is 3. The van der Waals surface area contributed by atoms with Crippen molar-refractivity contribution in [1.82, 2.24) is 9.88 Å². The number of halogens is 1. The average Bonchev–Trinajstić information content (AvgIpc) is 3.13. The highest BCUT2D eigenvalue weighted by Crippen LogP contribution is 2.24. The predicted octanol–water partition coefficient (Wildman–Crippen LogP) is 2.29. The van der Waals surface area contributed by atoms with E-state index in [4.69, 9.17) is 16.3 Å². The molecule has 1 aliphatic carbocycles. The fraction of sp³-hybridized carbons (Fsp3) is 0.583. The van der Waals surface area contributed by atoms with Crippen molar-refractivity contribution in [3.63, 3.8) is 0 Å². The highest BCUT2D eigenvalue weighted by Gasteiger charge is 2.25. The lowest BCUT2D eigenvalue weighted by Gasteiger charge is -2.15. The molecule has 0 unspecified atom stereocenters. The van der Waals surface area contributed by atoms with Gasteiger partial charge in [0, 0.05) is 18.7 Å². The highest BCUT2D eigenvalue weighted by molar-refractivity contribution is 6.16. The van der Waals surface area contributed by atoms with Crippen molar-refractivity contribution in [3.8, 4) is 5.88 Å². The summed E-state index contributed by atoms with van der Waals surface area (Å²) in [6, 6.07) is 6.47. The van der Waals surface area contributed by atoms with Crippen molar-refractivity contribution in [2.24, 2.45) is 0 Å². The molecule has 0 aliphatic heterocycles.